The van der Waals surface area contributed by atoms with E-state index in [1.165, 1.54) is 0 Å². The third kappa shape index (κ3) is 2.90. The van der Waals surface area contributed by atoms with Gasteiger partial charge in [-0.2, -0.15) is 0 Å². The molecule has 146 valence electrons. The summed E-state index contributed by atoms with van der Waals surface area (Å²) in [5.74, 6) is 0.419. The Kier molecular flexibility index (Phi) is 5.59. The molecule has 0 saturated heterocycles. The molecule has 0 bridgehead atoms. The van der Waals surface area contributed by atoms with Crippen molar-refractivity contribution in [3.05, 3.63) is 59.0 Å². The average molecular weight is 901 g/mol. The van der Waals surface area contributed by atoms with Crippen molar-refractivity contribution in [3.8, 4) is 0 Å². The van der Waals surface area contributed by atoms with E-state index in [-0.39, 0.29) is 5.91 Å². The van der Waals surface area contributed by atoms with Crippen molar-refractivity contribution < 1.29 is 4.79 Å². The van der Waals surface area contributed by atoms with Crippen molar-refractivity contribution in [2.75, 3.05) is 4.90 Å². The van der Waals surface area contributed by atoms with Gasteiger partial charge < -0.3 is 0 Å². The van der Waals surface area contributed by atoms with Crippen molar-refractivity contribution in [2.24, 2.45) is 4.99 Å². The van der Waals surface area contributed by atoms with Crippen LogP contribution in [0.5, 0.6) is 0 Å². The smallest absolute Gasteiger partial charge is 0.266 e. The molecule has 3 nitrogen and oxygen atoms in total. The van der Waals surface area contributed by atoms with Crippen molar-refractivity contribution in [2.45, 2.75) is 0 Å². The third-order valence-corrected chi connectivity index (χ3v) is 12.7. The highest BCUT2D eigenvalue weighted by molar-refractivity contribution is 9.15. The fourth-order valence-corrected chi connectivity index (χ4v) is 8.25. The second-order valence-corrected chi connectivity index (χ2v) is 12.7. The molecular formula is C18H2Br8N2O. The zero-order valence-corrected chi connectivity index (χ0v) is 26.2. The first-order valence-corrected chi connectivity index (χ1v) is 14.1. The first-order valence-electron chi connectivity index (χ1n) is 7.74. The van der Waals surface area contributed by atoms with Crippen molar-refractivity contribution in [3.63, 3.8) is 0 Å². The molecule has 11 heteroatoms. The predicted molar refractivity (Wildman–Crippen MR) is 145 cm³/mol. The van der Waals surface area contributed by atoms with Gasteiger partial charge in [0.2, 0.25) is 0 Å². The molecule has 0 radical (unpaired) electrons. The molecule has 0 atom stereocenters. The van der Waals surface area contributed by atoms with Crippen LogP contribution in [-0.2, 0) is 0 Å². The number of benzene rings is 3. The molecule has 29 heavy (non-hydrogen) atoms. The quantitative estimate of drug-likeness (QED) is 0.164. The standard InChI is InChI=1S/C18H2Br8N2O/c19-4-2-6(21)15-7-3(4)1-5(20)10(22)16(7)28-17(27-15)8-9(18(28)29)12(24)14(26)13(25)11(8)23/h1-2H. The summed E-state index contributed by atoms with van der Waals surface area (Å²) in [5, 5.41) is 1.84. The fourth-order valence-electron chi connectivity index (χ4n) is 3.52. The summed E-state index contributed by atoms with van der Waals surface area (Å²) in [6.07, 6.45) is 0. The number of amides is 1. The van der Waals surface area contributed by atoms with E-state index < -0.39 is 0 Å². The van der Waals surface area contributed by atoms with Crippen LogP contribution in [0.15, 0.2) is 52.9 Å². The SMILES string of the molecule is O=C1c2c(Br)c(Br)c(Br)c(Br)c2C2=Nc3c(Br)cc(Br)c4cc(Br)c(Br)c(c34)N12. The Hall–Kier alpha value is 0.900. The molecule has 3 aromatic rings. The van der Waals surface area contributed by atoms with Crippen LogP contribution in [0, 0.1) is 0 Å². The maximum absolute atomic E-state index is 13.6. The molecule has 5 rings (SSSR count). The molecular weight excluding hydrogens is 899 g/mol. The first kappa shape index (κ1) is 21.7. The highest BCUT2D eigenvalue weighted by Crippen LogP contribution is 2.55. The van der Waals surface area contributed by atoms with E-state index in [1.807, 2.05) is 12.1 Å². The van der Waals surface area contributed by atoms with Gasteiger partial charge in [-0.05, 0) is 124 Å². The molecule has 2 aliphatic heterocycles. The Morgan fingerprint density at radius 3 is 1.97 bits per heavy atom. The summed E-state index contributed by atoms with van der Waals surface area (Å²) in [6, 6.07) is 3.98. The number of amidine groups is 1. The number of hydrogen-bond donors (Lipinski definition) is 0. The summed E-state index contributed by atoms with van der Waals surface area (Å²) in [7, 11) is 0. The van der Waals surface area contributed by atoms with Gasteiger partial charge in [-0.1, -0.05) is 15.9 Å². The number of aliphatic imine (C=N–C) groups is 1. The van der Waals surface area contributed by atoms with Crippen molar-refractivity contribution in [1.29, 1.82) is 0 Å². The largest absolute Gasteiger partial charge is 0.268 e. The van der Waals surface area contributed by atoms with Crippen LogP contribution in [0.2, 0.25) is 0 Å². The van der Waals surface area contributed by atoms with Gasteiger partial charge in [0.25, 0.3) is 5.91 Å². The second kappa shape index (κ2) is 7.46. The molecule has 3 aromatic carbocycles. The van der Waals surface area contributed by atoms with Gasteiger partial charge in [0.15, 0.2) is 0 Å². The number of hydrogen-bond acceptors (Lipinski definition) is 2. The van der Waals surface area contributed by atoms with Crippen LogP contribution in [0.25, 0.3) is 10.8 Å². The Morgan fingerprint density at radius 1 is 0.690 bits per heavy atom. The Morgan fingerprint density at radius 2 is 1.31 bits per heavy atom. The number of nitrogens with zero attached hydrogens (tertiary/aromatic N) is 2. The van der Waals surface area contributed by atoms with Gasteiger partial charge >= 0.3 is 0 Å². The lowest BCUT2D eigenvalue weighted by Crippen LogP contribution is -2.32. The van der Waals surface area contributed by atoms with Gasteiger partial charge in [0.05, 0.1) is 21.4 Å². The van der Waals surface area contributed by atoms with E-state index in [1.54, 1.807) is 4.90 Å². The number of halogens is 8. The molecule has 1 amide bonds. The highest BCUT2D eigenvalue weighted by atomic mass is 79.9. The number of carbonyl (C=O) groups excluding carboxylic acids is 1. The minimum absolute atomic E-state index is 0.152. The molecule has 0 aromatic heterocycles. The van der Waals surface area contributed by atoms with E-state index >= 15 is 0 Å². The van der Waals surface area contributed by atoms with E-state index in [4.69, 9.17) is 4.99 Å². The molecule has 0 saturated carbocycles. The Bertz CT molecular complexity index is 1360. The van der Waals surface area contributed by atoms with E-state index in [0.29, 0.717) is 15.9 Å². The van der Waals surface area contributed by atoms with Gasteiger partial charge in [-0.3, -0.25) is 9.69 Å². The average Bonchev–Trinajstić information content (AvgIpc) is 2.97. The van der Waals surface area contributed by atoms with Gasteiger partial charge in [-0.25, -0.2) is 4.99 Å². The Labute approximate surface area is 232 Å². The zero-order valence-electron chi connectivity index (χ0n) is 13.5. The van der Waals surface area contributed by atoms with E-state index in [2.05, 4.69) is 127 Å². The highest BCUT2D eigenvalue weighted by Gasteiger charge is 2.44. The molecule has 2 heterocycles. The molecule has 0 aliphatic carbocycles. The summed E-state index contributed by atoms with van der Waals surface area (Å²) in [5.41, 5.74) is 2.81. The molecule has 0 fully saturated rings. The van der Waals surface area contributed by atoms with Gasteiger partial charge in [0.1, 0.15) is 5.84 Å². The first-order chi connectivity index (χ1) is 13.6. The summed E-state index contributed by atoms with van der Waals surface area (Å²) < 4.78 is 6.39. The zero-order chi connectivity index (χ0) is 20.9. The Balaban J connectivity index is 2.00. The van der Waals surface area contributed by atoms with Crippen LogP contribution >= 0.6 is 127 Å². The number of anilines is 1. The minimum atomic E-state index is -0.152. The topological polar surface area (TPSA) is 32.7 Å². The van der Waals surface area contributed by atoms with Crippen molar-refractivity contribution >= 4 is 161 Å². The summed E-state index contributed by atoms with van der Waals surface area (Å²) in [4.78, 5) is 20.3. The van der Waals surface area contributed by atoms with Crippen LogP contribution in [-0.4, -0.2) is 11.7 Å². The summed E-state index contributed by atoms with van der Waals surface area (Å²) >= 11 is 29.0. The van der Waals surface area contributed by atoms with Gasteiger partial charge in [-0.15, -0.1) is 0 Å². The molecule has 0 N–H and O–H groups in total. The molecule has 0 spiro atoms. The van der Waals surface area contributed by atoms with E-state index in [9.17, 15) is 4.79 Å². The van der Waals surface area contributed by atoms with Crippen molar-refractivity contribution in [1.82, 2.24) is 0 Å². The maximum atomic E-state index is 13.6. The maximum Gasteiger partial charge on any atom is 0.266 e. The lowest BCUT2D eigenvalue weighted by atomic mass is 10.0. The lowest BCUT2D eigenvalue weighted by molar-refractivity contribution is 0.101. The van der Waals surface area contributed by atoms with Gasteiger partial charge in [0, 0.05) is 47.6 Å². The van der Waals surface area contributed by atoms with Crippen LogP contribution < -0.4 is 4.90 Å². The number of rotatable bonds is 0. The monoisotopic (exact) mass is 893 g/mol. The molecule has 0 unspecified atom stereocenters. The van der Waals surface area contributed by atoms with Crippen LogP contribution in [0.4, 0.5) is 11.4 Å². The van der Waals surface area contributed by atoms with Crippen LogP contribution in [0.1, 0.15) is 15.9 Å². The minimum Gasteiger partial charge on any atom is -0.268 e. The number of fused-ring (bicyclic) bond motifs is 4. The van der Waals surface area contributed by atoms with Crippen LogP contribution in [0.3, 0.4) is 0 Å². The normalized spacial score (nSPS) is 14.4. The summed E-state index contributed by atoms with van der Waals surface area (Å²) in [6.45, 7) is 0. The third-order valence-electron chi connectivity index (χ3n) is 4.73. The number of carbonyl (C=O) groups is 1. The fraction of sp³-hybridized carbons (Fsp3) is 0. The predicted octanol–water partition coefficient (Wildman–Crippen LogP) is 9.99. The second-order valence-electron chi connectivity index (χ2n) is 6.21. The van der Waals surface area contributed by atoms with E-state index in [0.717, 1.165) is 59.0 Å². The molecule has 2 aliphatic rings. The lowest BCUT2D eigenvalue weighted by Gasteiger charge is -2.27.